The lowest BCUT2D eigenvalue weighted by molar-refractivity contribution is -0.136. The Hall–Kier alpha value is -2.24. The molecule has 1 heterocycles. The molecule has 0 aromatic heterocycles. The van der Waals surface area contributed by atoms with Crippen molar-refractivity contribution in [2.75, 3.05) is 49.2 Å². The summed E-state index contributed by atoms with van der Waals surface area (Å²) < 4.78 is 44.8. The van der Waals surface area contributed by atoms with Gasteiger partial charge in [-0.25, -0.2) is 17.1 Å². The molecule has 0 radical (unpaired) electrons. The van der Waals surface area contributed by atoms with Crippen molar-refractivity contribution in [3.05, 3.63) is 24.0 Å². The number of ether oxygens (including phenoxy) is 1. The van der Waals surface area contributed by atoms with Crippen molar-refractivity contribution in [2.45, 2.75) is 39.4 Å². The lowest BCUT2D eigenvalue weighted by Crippen LogP contribution is -2.45. The molecule has 31 heavy (non-hydrogen) atoms. The molecular weight excluding hydrogens is 427 g/mol. The third-order valence-electron chi connectivity index (χ3n) is 4.95. The third kappa shape index (κ3) is 7.15. The summed E-state index contributed by atoms with van der Waals surface area (Å²) in [6.07, 6.45) is 0.315. The smallest absolute Gasteiger partial charge is 0.313 e. The summed E-state index contributed by atoms with van der Waals surface area (Å²) in [5.74, 6) is -2.30. The van der Waals surface area contributed by atoms with E-state index < -0.39 is 27.7 Å². The van der Waals surface area contributed by atoms with E-state index in [1.54, 1.807) is 19.1 Å². The molecule has 2 unspecified atom stereocenters. The van der Waals surface area contributed by atoms with Crippen molar-refractivity contribution < 1.29 is 27.1 Å². The topological polar surface area (TPSA) is 108 Å². The molecule has 9 nitrogen and oxygen atoms in total. The molecule has 0 aliphatic carbocycles. The number of hydrogen-bond acceptors (Lipinski definition) is 6. The molecular formula is C20H31FN4O5S. The number of nitrogens with one attached hydrogen (secondary N) is 2. The molecule has 1 aromatic rings. The van der Waals surface area contributed by atoms with Crippen LogP contribution in [0.5, 0.6) is 0 Å². The summed E-state index contributed by atoms with van der Waals surface area (Å²) in [5.41, 5.74) is 0.583. The summed E-state index contributed by atoms with van der Waals surface area (Å²) >= 11 is 0. The fourth-order valence-electron chi connectivity index (χ4n) is 3.35. The Balaban J connectivity index is 1.85. The first-order chi connectivity index (χ1) is 14.5. The summed E-state index contributed by atoms with van der Waals surface area (Å²) in [4.78, 5) is 25.9. The molecule has 2 atom stereocenters. The van der Waals surface area contributed by atoms with Gasteiger partial charge in [-0.15, -0.1) is 0 Å². The lowest BCUT2D eigenvalue weighted by atomic mass is 10.2. The standard InChI is InChI=1S/C20H31FN4O5S/c1-5-31(28,29)24(4)10-6-9-22-19(26)20(27)23-16-7-8-18(17(21)11-16)25-12-14(2)30-15(3)13-25/h7-8,11,14-15H,5-6,9-10,12-13H2,1-4H3,(H,22,26)(H,23,27). The Kier molecular flexibility index (Phi) is 8.78. The van der Waals surface area contributed by atoms with E-state index >= 15 is 0 Å². The van der Waals surface area contributed by atoms with Crippen LogP contribution in [-0.4, -0.2) is 75.7 Å². The Bertz CT molecular complexity index is 886. The number of carbonyl (C=O) groups is 2. The van der Waals surface area contributed by atoms with E-state index in [-0.39, 0.29) is 36.7 Å². The van der Waals surface area contributed by atoms with Gasteiger partial charge in [-0.05, 0) is 45.4 Å². The maximum atomic E-state index is 14.6. The molecule has 1 aromatic carbocycles. The van der Waals surface area contributed by atoms with E-state index in [2.05, 4.69) is 10.6 Å². The maximum Gasteiger partial charge on any atom is 0.313 e. The average Bonchev–Trinajstić information content (AvgIpc) is 2.70. The molecule has 1 aliphatic heterocycles. The maximum absolute atomic E-state index is 14.6. The average molecular weight is 459 g/mol. The molecule has 0 bridgehead atoms. The highest BCUT2D eigenvalue weighted by atomic mass is 32.2. The number of sulfonamides is 1. The van der Waals surface area contributed by atoms with Gasteiger partial charge in [0.15, 0.2) is 0 Å². The van der Waals surface area contributed by atoms with Crippen LogP contribution >= 0.6 is 0 Å². The zero-order valence-electron chi connectivity index (χ0n) is 18.4. The van der Waals surface area contributed by atoms with Gasteiger partial charge >= 0.3 is 11.8 Å². The Morgan fingerprint density at radius 1 is 1.23 bits per heavy atom. The van der Waals surface area contributed by atoms with Gasteiger partial charge in [0.2, 0.25) is 10.0 Å². The number of benzene rings is 1. The Morgan fingerprint density at radius 3 is 2.45 bits per heavy atom. The number of amides is 2. The van der Waals surface area contributed by atoms with Crippen LogP contribution < -0.4 is 15.5 Å². The first kappa shape index (κ1) is 25.0. The minimum Gasteiger partial charge on any atom is -0.372 e. The number of morpholine rings is 1. The number of hydrogen-bond donors (Lipinski definition) is 2. The highest BCUT2D eigenvalue weighted by Crippen LogP contribution is 2.26. The van der Waals surface area contributed by atoms with Crippen LogP contribution in [0.2, 0.25) is 0 Å². The van der Waals surface area contributed by atoms with Crippen molar-refractivity contribution in [1.82, 2.24) is 9.62 Å². The van der Waals surface area contributed by atoms with Gasteiger partial charge in [-0.1, -0.05) is 0 Å². The predicted octanol–water partition coefficient (Wildman–Crippen LogP) is 1.17. The zero-order valence-corrected chi connectivity index (χ0v) is 19.2. The van der Waals surface area contributed by atoms with Crippen LogP contribution in [0, 0.1) is 5.82 Å². The molecule has 174 valence electrons. The number of nitrogens with zero attached hydrogens (tertiary/aromatic N) is 2. The summed E-state index contributed by atoms with van der Waals surface area (Å²) in [5, 5.41) is 4.80. The Labute approximate surface area is 183 Å². The van der Waals surface area contributed by atoms with Gasteiger partial charge in [0, 0.05) is 38.9 Å². The fourth-order valence-corrected chi connectivity index (χ4v) is 4.19. The molecule has 1 saturated heterocycles. The fraction of sp³-hybridized carbons (Fsp3) is 0.600. The van der Waals surface area contributed by atoms with E-state index in [1.807, 2.05) is 18.7 Å². The summed E-state index contributed by atoms with van der Waals surface area (Å²) in [6.45, 7) is 6.88. The number of halogens is 1. The molecule has 0 spiro atoms. The predicted molar refractivity (Wildman–Crippen MR) is 117 cm³/mol. The van der Waals surface area contributed by atoms with Crippen molar-refractivity contribution in [1.29, 1.82) is 0 Å². The number of carbonyl (C=O) groups excluding carboxylic acids is 2. The van der Waals surface area contributed by atoms with Crippen LogP contribution in [0.3, 0.4) is 0 Å². The summed E-state index contributed by atoms with van der Waals surface area (Å²) in [6, 6.07) is 4.28. The molecule has 2 N–H and O–H groups in total. The molecule has 1 fully saturated rings. The number of rotatable bonds is 8. The van der Waals surface area contributed by atoms with Gasteiger partial charge in [0.05, 0.1) is 23.6 Å². The summed E-state index contributed by atoms with van der Waals surface area (Å²) in [7, 11) is -1.82. The van der Waals surface area contributed by atoms with Gasteiger partial charge in [0.25, 0.3) is 0 Å². The Morgan fingerprint density at radius 2 is 1.87 bits per heavy atom. The van der Waals surface area contributed by atoms with Crippen molar-refractivity contribution >= 4 is 33.2 Å². The third-order valence-corrected chi connectivity index (χ3v) is 6.81. The van der Waals surface area contributed by atoms with E-state index in [0.29, 0.717) is 25.2 Å². The second kappa shape index (κ2) is 10.9. The minimum atomic E-state index is -3.28. The van der Waals surface area contributed by atoms with Crippen LogP contribution in [0.15, 0.2) is 18.2 Å². The van der Waals surface area contributed by atoms with Gasteiger partial charge < -0.3 is 20.3 Å². The normalized spacial score (nSPS) is 19.4. The second-order valence-electron chi connectivity index (χ2n) is 7.61. The molecule has 11 heteroatoms. The van der Waals surface area contributed by atoms with Gasteiger partial charge in [-0.2, -0.15) is 0 Å². The van der Waals surface area contributed by atoms with E-state index in [0.717, 1.165) is 0 Å². The SMILES string of the molecule is CCS(=O)(=O)N(C)CCCNC(=O)C(=O)Nc1ccc(N2CC(C)OC(C)C2)c(F)c1. The molecule has 2 amide bonds. The van der Waals surface area contributed by atoms with E-state index in [9.17, 15) is 22.4 Å². The first-order valence-corrected chi connectivity index (χ1v) is 11.9. The largest absolute Gasteiger partial charge is 0.372 e. The van der Waals surface area contributed by atoms with Crippen molar-refractivity contribution in [3.8, 4) is 0 Å². The van der Waals surface area contributed by atoms with Crippen LogP contribution in [0.4, 0.5) is 15.8 Å². The monoisotopic (exact) mass is 458 g/mol. The second-order valence-corrected chi connectivity index (χ2v) is 9.98. The van der Waals surface area contributed by atoms with Crippen LogP contribution in [-0.2, 0) is 24.3 Å². The highest BCUT2D eigenvalue weighted by molar-refractivity contribution is 7.89. The van der Waals surface area contributed by atoms with E-state index in [1.165, 1.54) is 17.4 Å². The minimum absolute atomic E-state index is 0.00277. The molecule has 0 saturated carbocycles. The highest BCUT2D eigenvalue weighted by Gasteiger charge is 2.24. The van der Waals surface area contributed by atoms with Crippen molar-refractivity contribution in [2.24, 2.45) is 0 Å². The van der Waals surface area contributed by atoms with Gasteiger partial charge in [0.1, 0.15) is 5.82 Å². The number of anilines is 2. The molecule has 2 rings (SSSR count). The lowest BCUT2D eigenvalue weighted by Gasteiger charge is -2.37. The zero-order chi connectivity index (χ0) is 23.2. The van der Waals surface area contributed by atoms with E-state index in [4.69, 9.17) is 4.74 Å². The first-order valence-electron chi connectivity index (χ1n) is 10.3. The van der Waals surface area contributed by atoms with Crippen molar-refractivity contribution in [3.63, 3.8) is 0 Å². The van der Waals surface area contributed by atoms with Gasteiger partial charge in [-0.3, -0.25) is 9.59 Å². The quantitative estimate of drug-likeness (QED) is 0.447. The molecule has 1 aliphatic rings. The van der Waals surface area contributed by atoms with Crippen LogP contribution in [0.1, 0.15) is 27.2 Å². The van der Waals surface area contributed by atoms with Crippen LogP contribution in [0.25, 0.3) is 0 Å².